The summed E-state index contributed by atoms with van der Waals surface area (Å²) in [5.74, 6) is 0.710. The predicted molar refractivity (Wildman–Crippen MR) is 87.5 cm³/mol. The van der Waals surface area contributed by atoms with Gasteiger partial charge in [0.05, 0.1) is 10.0 Å². The van der Waals surface area contributed by atoms with Gasteiger partial charge in [-0.2, -0.15) is 0 Å². The highest BCUT2D eigenvalue weighted by atomic mass is 35.5. The van der Waals surface area contributed by atoms with Gasteiger partial charge in [-0.1, -0.05) is 36.2 Å². The summed E-state index contributed by atoms with van der Waals surface area (Å²) in [6.45, 7) is 4.50. The second kappa shape index (κ2) is 6.96. The molecule has 1 aromatic heterocycles. The largest absolute Gasteiger partial charge is 0.369 e. The van der Waals surface area contributed by atoms with Gasteiger partial charge < -0.3 is 10.6 Å². The number of hydrogen-bond acceptors (Lipinski definition) is 3. The highest BCUT2D eigenvalue weighted by molar-refractivity contribution is 6.37. The van der Waals surface area contributed by atoms with E-state index in [4.69, 9.17) is 23.2 Å². The third-order valence-corrected chi connectivity index (χ3v) is 3.57. The van der Waals surface area contributed by atoms with Crippen molar-refractivity contribution in [3.63, 3.8) is 0 Å². The first-order valence-electron chi connectivity index (χ1n) is 6.65. The van der Waals surface area contributed by atoms with Crippen molar-refractivity contribution in [2.45, 2.75) is 20.3 Å². The van der Waals surface area contributed by atoms with Crippen LogP contribution in [0.5, 0.6) is 0 Å². The number of halogens is 3. The molecule has 2 N–H and O–H groups in total. The Morgan fingerprint density at radius 2 is 1.90 bits per heavy atom. The maximum Gasteiger partial charge on any atom is 0.151 e. The van der Waals surface area contributed by atoms with E-state index in [0.717, 1.165) is 13.0 Å². The van der Waals surface area contributed by atoms with Gasteiger partial charge in [-0.25, -0.2) is 9.37 Å². The van der Waals surface area contributed by atoms with E-state index in [9.17, 15) is 4.39 Å². The van der Waals surface area contributed by atoms with Gasteiger partial charge in [0.1, 0.15) is 11.6 Å². The molecule has 0 saturated heterocycles. The van der Waals surface area contributed by atoms with Crippen molar-refractivity contribution in [1.29, 1.82) is 0 Å². The molecule has 0 bridgehead atoms. The van der Waals surface area contributed by atoms with Crippen LogP contribution in [0.15, 0.2) is 24.3 Å². The molecular weight excluding hydrogens is 312 g/mol. The summed E-state index contributed by atoms with van der Waals surface area (Å²) in [6, 6.07) is 6.42. The van der Waals surface area contributed by atoms with Gasteiger partial charge in [0.15, 0.2) is 5.82 Å². The van der Waals surface area contributed by atoms with Gasteiger partial charge in [-0.05, 0) is 31.5 Å². The Hall–Kier alpha value is -1.52. The zero-order valence-electron chi connectivity index (χ0n) is 11.8. The number of pyridine rings is 1. The van der Waals surface area contributed by atoms with Gasteiger partial charge in [-0.3, -0.25) is 0 Å². The molecule has 0 fully saturated rings. The van der Waals surface area contributed by atoms with Crippen LogP contribution in [0.3, 0.4) is 0 Å². The van der Waals surface area contributed by atoms with Crippen molar-refractivity contribution >= 4 is 40.5 Å². The minimum Gasteiger partial charge on any atom is -0.369 e. The molecule has 0 aliphatic carbocycles. The normalized spacial score (nSPS) is 10.5. The van der Waals surface area contributed by atoms with Gasteiger partial charge in [-0.15, -0.1) is 0 Å². The average molecular weight is 328 g/mol. The predicted octanol–water partition coefficient (Wildman–Crippen LogP) is 5.40. The molecule has 112 valence electrons. The first-order valence-corrected chi connectivity index (χ1v) is 7.40. The highest BCUT2D eigenvalue weighted by Gasteiger charge is 2.11. The quantitative estimate of drug-likeness (QED) is 0.771. The van der Waals surface area contributed by atoms with E-state index in [1.807, 2.05) is 6.92 Å². The average Bonchev–Trinajstić information content (AvgIpc) is 2.45. The molecule has 3 nitrogen and oxygen atoms in total. The minimum absolute atomic E-state index is 0.283. The zero-order valence-corrected chi connectivity index (χ0v) is 13.3. The van der Waals surface area contributed by atoms with Crippen LogP contribution in [-0.2, 0) is 0 Å². The number of rotatable bonds is 5. The number of hydrogen-bond donors (Lipinski definition) is 2. The SMILES string of the molecule is CCCNc1nc(Nc2cccc(F)c2C)c(Cl)cc1Cl. The molecular formula is C15H16Cl2FN3. The van der Waals surface area contributed by atoms with Crippen LogP contribution in [0.2, 0.25) is 10.0 Å². The maximum atomic E-state index is 13.6. The van der Waals surface area contributed by atoms with E-state index in [-0.39, 0.29) is 5.82 Å². The van der Waals surface area contributed by atoms with E-state index in [0.29, 0.717) is 32.9 Å². The Bertz CT molecular complexity index is 647. The van der Waals surface area contributed by atoms with Crippen molar-refractivity contribution in [2.24, 2.45) is 0 Å². The molecule has 1 heterocycles. The fraction of sp³-hybridized carbons (Fsp3) is 0.267. The lowest BCUT2D eigenvalue weighted by molar-refractivity contribution is 0.619. The lowest BCUT2D eigenvalue weighted by Crippen LogP contribution is -2.05. The first kappa shape index (κ1) is 15.9. The Labute approximate surface area is 133 Å². The van der Waals surface area contributed by atoms with Crippen LogP contribution in [0.25, 0.3) is 0 Å². The standard InChI is InChI=1S/C15H16Cl2FN3/c1-3-7-19-14-10(16)8-11(17)15(21-14)20-13-6-4-5-12(18)9(13)2/h4-6,8H,3,7H2,1-2H3,(H2,19,20,21). The first-order chi connectivity index (χ1) is 10.0. The topological polar surface area (TPSA) is 37.0 Å². The van der Waals surface area contributed by atoms with Gasteiger partial charge in [0.2, 0.25) is 0 Å². The summed E-state index contributed by atoms with van der Waals surface area (Å²) in [4.78, 5) is 4.37. The summed E-state index contributed by atoms with van der Waals surface area (Å²) in [7, 11) is 0. The van der Waals surface area contributed by atoms with Crippen LogP contribution in [0.4, 0.5) is 21.7 Å². The molecule has 2 rings (SSSR count). The van der Waals surface area contributed by atoms with E-state index in [1.165, 1.54) is 6.07 Å². The summed E-state index contributed by atoms with van der Waals surface area (Å²) < 4.78 is 13.6. The molecule has 6 heteroatoms. The Morgan fingerprint density at radius 3 is 2.62 bits per heavy atom. The molecule has 21 heavy (non-hydrogen) atoms. The van der Waals surface area contributed by atoms with Crippen molar-refractivity contribution < 1.29 is 4.39 Å². The van der Waals surface area contributed by atoms with Crippen LogP contribution in [-0.4, -0.2) is 11.5 Å². The minimum atomic E-state index is -0.283. The molecule has 0 amide bonds. The molecule has 0 spiro atoms. The summed E-state index contributed by atoms with van der Waals surface area (Å²) in [5.41, 5.74) is 1.13. The molecule has 2 aromatic rings. The molecule has 0 unspecified atom stereocenters. The van der Waals surface area contributed by atoms with Crippen LogP contribution in [0, 0.1) is 12.7 Å². The van der Waals surface area contributed by atoms with E-state index in [2.05, 4.69) is 15.6 Å². The van der Waals surface area contributed by atoms with E-state index in [1.54, 1.807) is 25.1 Å². The van der Waals surface area contributed by atoms with Crippen molar-refractivity contribution in [3.05, 3.63) is 45.7 Å². The lowest BCUT2D eigenvalue weighted by atomic mass is 10.2. The molecule has 0 aliphatic rings. The smallest absolute Gasteiger partial charge is 0.151 e. The van der Waals surface area contributed by atoms with Crippen LogP contribution < -0.4 is 10.6 Å². The third kappa shape index (κ3) is 3.77. The zero-order chi connectivity index (χ0) is 15.4. The molecule has 0 radical (unpaired) electrons. The van der Waals surface area contributed by atoms with Crippen LogP contribution in [0.1, 0.15) is 18.9 Å². The number of benzene rings is 1. The third-order valence-electron chi connectivity index (χ3n) is 2.99. The second-order valence-corrected chi connectivity index (χ2v) is 5.43. The van der Waals surface area contributed by atoms with Crippen molar-refractivity contribution in [1.82, 2.24) is 4.98 Å². The fourth-order valence-corrected chi connectivity index (χ4v) is 2.26. The van der Waals surface area contributed by atoms with Gasteiger partial charge in [0, 0.05) is 17.8 Å². The molecule has 0 atom stereocenters. The molecule has 0 saturated carbocycles. The summed E-state index contributed by atoms with van der Waals surface area (Å²) in [6.07, 6.45) is 0.951. The summed E-state index contributed by atoms with van der Waals surface area (Å²) >= 11 is 12.2. The van der Waals surface area contributed by atoms with Crippen LogP contribution >= 0.6 is 23.2 Å². The monoisotopic (exact) mass is 327 g/mol. The van der Waals surface area contributed by atoms with E-state index >= 15 is 0 Å². The van der Waals surface area contributed by atoms with Gasteiger partial charge in [0.25, 0.3) is 0 Å². The van der Waals surface area contributed by atoms with E-state index < -0.39 is 0 Å². The van der Waals surface area contributed by atoms with Crippen molar-refractivity contribution in [2.75, 3.05) is 17.2 Å². The number of anilines is 3. The molecule has 1 aromatic carbocycles. The van der Waals surface area contributed by atoms with Gasteiger partial charge >= 0.3 is 0 Å². The maximum absolute atomic E-state index is 13.6. The van der Waals surface area contributed by atoms with Crippen molar-refractivity contribution in [3.8, 4) is 0 Å². The Balaban J connectivity index is 2.33. The lowest BCUT2D eigenvalue weighted by Gasteiger charge is -2.13. The molecule has 0 aliphatic heterocycles. The Kier molecular flexibility index (Phi) is 5.26. The fourth-order valence-electron chi connectivity index (χ4n) is 1.79. The number of nitrogens with zero attached hydrogens (tertiary/aromatic N) is 1. The summed E-state index contributed by atoms with van der Waals surface area (Å²) in [5, 5.41) is 7.00. The second-order valence-electron chi connectivity index (χ2n) is 4.61. The number of nitrogens with one attached hydrogen (secondary N) is 2. The number of aromatic nitrogens is 1. The Morgan fingerprint density at radius 1 is 1.19 bits per heavy atom. The highest BCUT2D eigenvalue weighted by Crippen LogP contribution is 2.32.